The van der Waals surface area contributed by atoms with Gasteiger partial charge in [0.25, 0.3) is 5.56 Å². The zero-order valence-corrected chi connectivity index (χ0v) is 17.4. The van der Waals surface area contributed by atoms with Gasteiger partial charge in [-0.1, -0.05) is 30.2 Å². The molecule has 1 aromatic carbocycles. The van der Waals surface area contributed by atoms with Crippen LogP contribution in [0.25, 0.3) is 21.8 Å². The fourth-order valence-electron chi connectivity index (χ4n) is 4.05. The Morgan fingerprint density at radius 1 is 1.16 bits per heavy atom. The molecular formula is C23H23N7O. The van der Waals surface area contributed by atoms with Gasteiger partial charge in [0.15, 0.2) is 0 Å². The highest BCUT2D eigenvalue weighted by molar-refractivity contribution is 5.84. The quantitative estimate of drug-likeness (QED) is 0.512. The van der Waals surface area contributed by atoms with Gasteiger partial charge < -0.3 is 10.2 Å². The Hall–Kier alpha value is -3.70. The maximum Gasteiger partial charge on any atom is 0.293 e. The minimum atomic E-state index is -0.181. The number of fused-ring (bicyclic) bond motifs is 2. The lowest BCUT2D eigenvalue weighted by molar-refractivity contribution is 0.572. The first-order valence-corrected chi connectivity index (χ1v) is 10.4. The molecule has 156 valence electrons. The molecule has 0 radical (unpaired) electrons. The van der Waals surface area contributed by atoms with E-state index in [9.17, 15) is 4.79 Å². The molecule has 1 saturated heterocycles. The summed E-state index contributed by atoms with van der Waals surface area (Å²) in [4.78, 5) is 24.9. The summed E-state index contributed by atoms with van der Waals surface area (Å²) in [5.74, 6) is 6.80. The number of imidazole rings is 1. The van der Waals surface area contributed by atoms with Crippen molar-refractivity contribution in [1.82, 2.24) is 29.6 Å². The summed E-state index contributed by atoms with van der Waals surface area (Å²) in [5.41, 5.74) is 1.76. The van der Waals surface area contributed by atoms with Crippen molar-refractivity contribution in [2.75, 3.05) is 31.1 Å². The van der Waals surface area contributed by atoms with Crippen LogP contribution in [0.15, 0.2) is 47.5 Å². The third-order valence-electron chi connectivity index (χ3n) is 5.60. The maximum absolute atomic E-state index is 13.5. The first kappa shape index (κ1) is 19.3. The van der Waals surface area contributed by atoms with Gasteiger partial charge in [0, 0.05) is 37.8 Å². The Labute approximate surface area is 179 Å². The zero-order chi connectivity index (χ0) is 21.2. The number of piperazine rings is 1. The second-order valence-electron chi connectivity index (χ2n) is 7.48. The largest absolute Gasteiger partial charge is 0.340 e. The second-order valence-corrected chi connectivity index (χ2v) is 7.48. The lowest BCUT2D eigenvalue weighted by Gasteiger charge is -2.28. The number of rotatable bonds is 4. The van der Waals surface area contributed by atoms with Crippen molar-refractivity contribution in [3.8, 4) is 11.8 Å². The average molecular weight is 413 g/mol. The van der Waals surface area contributed by atoms with E-state index < -0.39 is 0 Å². The normalized spacial score (nSPS) is 14.0. The van der Waals surface area contributed by atoms with Gasteiger partial charge >= 0.3 is 0 Å². The van der Waals surface area contributed by atoms with Crippen molar-refractivity contribution >= 4 is 27.8 Å². The van der Waals surface area contributed by atoms with Crippen LogP contribution in [0.3, 0.4) is 0 Å². The van der Waals surface area contributed by atoms with Gasteiger partial charge in [-0.2, -0.15) is 5.10 Å². The minimum Gasteiger partial charge on any atom is -0.340 e. The third-order valence-corrected chi connectivity index (χ3v) is 5.60. The molecule has 0 amide bonds. The molecule has 0 bridgehead atoms. The maximum atomic E-state index is 13.5. The van der Waals surface area contributed by atoms with Crippen molar-refractivity contribution in [1.29, 1.82) is 0 Å². The van der Waals surface area contributed by atoms with E-state index in [-0.39, 0.29) is 5.56 Å². The Morgan fingerprint density at radius 2 is 2.00 bits per heavy atom. The van der Waals surface area contributed by atoms with Gasteiger partial charge in [-0.25, -0.2) is 9.67 Å². The van der Waals surface area contributed by atoms with Crippen molar-refractivity contribution in [2.45, 2.75) is 20.0 Å². The number of hydrogen-bond donors (Lipinski definition) is 1. The standard InChI is InChI=1S/C23H23N7O/c1-2-3-12-29-21-19(27-23(29)28-13-10-24-11-14-28)15-26-30(22(21)31)16-20-18-7-5-4-6-17(18)8-9-25-20/h4-9,15,24H,10-14,16H2,1H3. The van der Waals surface area contributed by atoms with E-state index in [1.165, 1.54) is 4.68 Å². The number of nitrogens with zero attached hydrogens (tertiary/aromatic N) is 6. The molecule has 0 aliphatic carbocycles. The van der Waals surface area contributed by atoms with Crippen molar-refractivity contribution in [3.63, 3.8) is 0 Å². The van der Waals surface area contributed by atoms with Crippen LogP contribution < -0.4 is 15.8 Å². The molecule has 8 heteroatoms. The molecule has 5 rings (SSSR count). The van der Waals surface area contributed by atoms with Crippen LogP contribution in [0.4, 0.5) is 5.95 Å². The van der Waals surface area contributed by atoms with Gasteiger partial charge in [-0.15, -0.1) is 5.92 Å². The van der Waals surface area contributed by atoms with Gasteiger partial charge in [-0.05, 0) is 18.4 Å². The van der Waals surface area contributed by atoms with Crippen LogP contribution in [0.5, 0.6) is 0 Å². The van der Waals surface area contributed by atoms with E-state index in [0.717, 1.165) is 48.6 Å². The van der Waals surface area contributed by atoms with E-state index in [2.05, 4.69) is 32.1 Å². The molecule has 31 heavy (non-hydrogen) atoms. The summed E-state index contributed by atoms with van der Waals surface area (Å²) in [6.07, 6.45) is 3.44. The molecule has 8 nitrogen and oxygen atoms in total. The minimum absolute atomic E-state index is 0.181. The highest BCUT2D eigenvalue weighted by atomic mass is 16.1. The van der Waals surface area contributed by atoms with Crippen LogP contribution in [0.2, 0.25) is 0 Å². The van der Waals surface area contributed by atoms with E-state index in [1.807, 2.05) is 34.9 Å². The lowest BCUT2D eigenvalue weighted by Crippen LogP contribution is -2.44. The van der Waals surface area contributed by atoms with Crippen LogP contribution in [-0.2, 0) is 13.1 Å². The number of nitrogens with one attached hydrogen (secondary N) is 1. The smallest absolute Gasteiger partial charge is 0.293 e. The lowest BCUT2D eigenvalue weighted by atomic mass is 10.1. The molecule has 1 N–H and O–H groups in total. The summed E-state index contributed by atoms with van der Waals surface area (Å²) in [5, 5.41) is 9.87. The third kappa shape index (κ3) is 3.53. The van der Waals surface area contributed by atoms with E-state index in [1.54, 1.807) is 19.3 Å². The van der Waals surface area contributed by atoms with E-state index in [0.29, 0.717) is 24.1 Å². The summed E-state index contributed by atoms with van der Waals surface area (Å²) >= 11 is 0. The molecule has 0 saturated carbocycles. The topological polar surface area (TPSA) is 80.9 Å². The first-order valence-electron chi connectivity index (χ1n) is 10.4. The Balaban J connectivity index is 1.62. The van der Waals surface area contributed by atoms with Crippen LogP contribution in [0.1, 0.15) is 12.6 Å². The van der Waals surface area contributed by atoms with Gasteiger partial charge in [-0.3, -0.25) is 14.3 Å². The SMILES string of the molecule is CC#CCn1c(N2CCNCC2)nc2cnn(Cc3nccc4ccccc34)c(=O)c21. The van der Waals surface area contributed by atoms with E-state index in [4.69, 9.17) is 4.98 Å². The number of benzene rings is 1. The Morgan fingerprint density at radius 3 is 2.84 bits per heavy atom. The number of hydrogen-bond acceptors (Lipinski definition) is 6. The second kappa shape index (κ2) is 8.20. The summed E-state index contributed by atoms with van der Waals surface area (Å²) in [6.45, 7) is 5.96. The van der Waals surface area contributed by atoms with Crippen LogP contribution >= 0.6 is 0 Å². The molecule has 0 atom stereocenters. The highest BCUT2D eigenvalue weighted by Gasteiger charge is 2.21. The van der Waals surface area contributed by atoms with Crippen molar-refractivity contribution in [3.05, 3.63) is 58.8 Å². The van der Waals surface area contributed by atoms with Crippen molar-refractivity contribution < 1.29 is 0 Å². The monoisotopic (exact) mass is 413 g/mol. The molecule has 0 spiro atoms. The predicted octanol–water partition coefficient (Wildman–Crippen LogP) is 1.62. The molecule has 4 aromatic rings. The molecule has 1 aliphatic heterocycles. The zero-order valence-electron chi connectivity index (χ0n) is 17.4. The van der Waals surface area contributed by atoms with E-state index >= 15 is 0 Å². The number of anilines is 1. The molecule has 4 heterocycles. The summed E-state index contributed by atoms with van der Waals surface area (Å²) in [7, 11) is 0. The van der Waals surface area contributed by atoms with Gasteiger partial charge in [0.2, 0.25) is 5.95 Å². The average Bonchev–Trinajstić information content (AvgIpc) is 3.19. The van der Waals surface area contributed by atoms with Gasteiger partial charge in [0.1, 0.15) is 11.0 Å². The van der Waals surface area contributed by atoms with Crippen molar-refractivity contribution in [2.24, 2.45) is 0 Å². The first-order chi connectivity index (χ1) is 15.3. The van der Waals surface area contributed by atoms with Gasteiger partial charge in [0.05, 0.1) is 25.0 Å². The number of pyridine rings is 1. The highest BCUT2D eigenvalue weighted by Crippen LogP contribution is 2.21. The fourth-order valence-corrected chi connectivity index (χ4v) is 4.05. The molecule has 0 unspecified atom stereocenters. The molecule has 1 fully saturated rings. The molecular weight excluding hydrogens is 390 g/mol. The van der Waals surface area contributed by atoms with Crippen LogP contribution in [0, 0.1) is 11.8 Å². The predicted molar refractivity (Wildman–Crippen MR) is 121 cm³/mol. The van der Waals surface area contributed by atoms with Crippen LogP contribution in [-0.4, -0.2) is 50.5 Å². The number of aromatic nitrogens is 5. The molecule has 1 aliphatic rings. The summed E-state index contributed by atoms with van der Waals surface area (Å²) in [6, 6.07) is 10.00. The Kier molecular flexibility index (Phi) is 5.10. The molecule has 3 aromatic heterocycles. The fraction of sp³-hybridized carbons (Fsp3) is 0.304. The summed E-state index contributed by atoms with van der Waals surface area (Å²) < 4.78 is 3.39. The Bertz CT molecular complexity index is 1360.